The molecule has 1 aromatic rings. The molecule has 1 aliphatic heterocycles. The van der Waals surface area contributed by atoms with E-state index < -0.39 is 0 Å². The monoisotopic (exact) mass is 264 g/mol. The fraction of sp³-hybridized carbons (Fsp3) is 0.571. The van der Waals surface area contributed by atoms with E-state index in [2.05, 4.69) is 4.98 Å². The summed E-state index contributed by atoms with van der Waals surface area (Å²) >= 11 is 0. The molecule has 5 nitrogen and oxygen atoms in total. The third kappa shape index (κ3) is 3.30. The van der Waals surface area contributed by atoms with Crippen LogP contribution >= 0.6 is 0 Å². The molecule has 0 saturated heterocycles. The molecule has 0 N–H and O–H groups in total. The first-order chi connectivity index (χ1) is 9.26. The molecule has 1 aromatic heterocycles. The Morgan fingerprint density at radius 3 is 2.74 bits per heavy atom. The Morgan fingerprint density at radius 2 is 2.11 bits per heavy atom. The maximum Gasteiger partial charge on any atom is 0.256 e. The highest BCUT2D eigenvalue weighted by molar-refractivity contribution is 5.97. The number of ether oxygens (including phenoxy) is 2. The molecule has 2 heterocycles. The molecule has 104 valence electrons. The van der Waals surface area contributed by atoms with Gasteiger partial charge in [-0.3, -0.25) is 9.78 Å². The molecule has 19 heavy (non-hydrogen) atoms. The standard InChI is InChI=1S/C14H20N2O3/c1-3-18-13(19-4-2)6-8-16-10-11-5-7-15-9-12(11)14(16)17/h5,7,9,13H,3-4,6,8,10H2,1-2H3. The van der Waals surface area contributed by atoms with Gasteiger partial charge in [-0.25, -0.2) is 0 Å². The summed E-state index contributed by atoms with van der Waals surface area (Å²) in [7, 11) is 0. The summed E-state index contributed by atoms with van der Waals surface area (Å²) in [6.07, 6.45) is 3.82. The number of rotatable bonds is 7. The molecular weight excluding hydrogens is 244 g/mol. The molecule has 0 saturated carbocycles. The van der Waals surface area contributed by atoms with Crippen molar-refractivity contribution in [1.29, 1.82) is 0 Å². The quantitative estimate of drug-likeness (QED) is 0.705. The van der Waals surface area contributed by atoms with Crippen LogP contribution in [-0.2, 0) is 16.0 Å². The van der Waals surface area contributed by atoms with Gasteiger partial charge in [0.15, 0.2) is 6.29 Å². The fourth-order valence-corrected chi connectivity index (χ4v) is 2.23. The van der Waals surface area contributed by atoms with Gasteiger partial charge in [0.1, 0.15) is 0 Å². The number of pyridine rings is 1. The summed E-state index contributed by atoms with van der Waals surface area (Å²) in [4.78, 5) is 17.9. The van der Waals surface area contributed by atoms with Gasteiger partial charge in [-0.05, 0) is 25.5 Å². The Morgan fingerprint density at radius 1 is 1.37 bits per heavy atom. The number of carbonyl (C=O) groups excluding carboxylic acids is 1. The predicted octanol–water partition coefficient (Wildman–Crippen LogP) is 1.83. The van der Waals surface area contributed by atoms with E-state index in [0.717, 1.165) is 5.56 Å². The molecule has 5 heteroatoms. The minimum atomic E-state index is -0.232. The predicted molar refractivity (Wildman–Crippen MR) is 70.6 cm³/mol. The van der Waals surface area contributed by atoms with Crippen LogP contribution in [0.2, 0.25) is 0 Å². The molecule has 2 rings (SSSR count). The molecular formula is C14H20N2O3. The highest BCUT2D eigenvalue weighted by Crippen LogP contribution is 2.21. The first-order valence-electron chi connectivity index (χ1n) is 6.71. The number of hydrogen-bond donors (Lipinski definition) is 0. The van der Waals surface area contributed by atoms with Crippen molar-refractivity contribution in [3.63, 3.8) is 0 Å². The van der Waals surface area contributed by atoms with Crippen molar-refractivity contribution in [2.24, 2.45) is 0 Å². The van der Waals surface area contributed by atoms with Crippen LogP contribution in [0, 0.1) is 0 Å². The van der Waals surface area contributed by atoms with Crippen LogP contribution in [0.5, 0.6) is 0 Å². The van der Waals surface area contributed by atoms with Crippen LogP contribution in [0.1, 0.15) is 36.2 Å². The van der Waals surface area contributed by atoms with Gasteiger partial charge in [-0.2, -0.15) is 0 Å². The minimum absolute atomic E-state index is 0.0508. The van der Waals surface area contributed by atoms with E-state index >= 15 is 0 Å². The Balaban J connectivity index is 1.90. The molecule has 1 aliphatic rings. The van der Waals surface area contributed by atoms with Crippen molar-refractivity contribution < 1.29 is 14.3 Å². The zero-order valence-corrected chi connectivity index (χ0v) is 11.5. The fourth-order valence-electron chi connectivity index (χ4n) is 2.23. The molecule has 0 unspecified atom stereocenters. The number of amides is 1. The van der Waals surface area contributed by atoms with E-state index in [1.54, 1.807) is 12.4 Å². The lowest BCUT2D eigenvalue weighted by molar-refractivity contribution is -0.140. The van der Waals surface area contributed by atoms with Gasteiger partial charge in [0.25, 0.3) is 5.91 Å². The zero-order chi connectivity index (χ0) is 13.7. The van der Waals surface area contributed by atoms with Gasteiger partial charge in [0.05, 0.1) is 5.56 Å². The second kappa shape index (κ2) is 6.63. The number of hydrogen-bond acceptors (Lipinski definition) is 4. The maximum atomic E-state index is 12.1. The third-order valence-corrected chi connectivity index (χ3v) is 3.13. The third-order valence-electron chi connectivity index (χ3n) is 3.13. The van der Waals surface area contributed by atoms with Gasteiger partial charge in [-0.1, -0.05) is 0 Å². The van der Waals surface area contributed by atoms with Crippen LogP contribution in [0.3, 0.4) is 0 Å². The molecule has 1 amide bonds. The van der Waals surface area contributed by atoms with Crippen molar-refractivity contribution in [2.45, 2.75) is 33.1 Å². The Labute approximate surface area is 113 Å². The molecule has 0 bridgehead atoms. The van der Waals surface area contributed by atoms with Gasteiger partial charge in [0.2, 0.25) is 0 Å². The number of aromatic nitrogens is 1. The van der Waals surface area contributed by atoms with Crippen LogP contribution < -0.4 is 0 Å². The first kappa shape index (κ1) is 14.0. The van der Waals surface area contributed by atoms with Gasteiger partial charge in [-0.15, -0.1) is 0 Å². The summed E-state index contributed by atoms with van der Waals surface area (Å²) in [5.41, 5.74) is 1.76. The van der Waals surface area contributed by atoms with E-state index in [4.69, 9.17) is 9.47 Å². The second-order valence-corrected chi connectivity index (χ2v) is 4.39. The van der Waals surface area contributed by atoms with Crippen LogP contribution in [-0.4, -0.2) is 41.8 Å². The largest absolute Gasteiger partial charge is 0.353 e. The Kier molecular flexibility index (Phi) is 4.87. The van der Waals surface area contributed by atoms with Crippen molar-refractivity contribution >= 4 is 5.91 Å². The van der Waals surface area contributed by atoms with E-state index in [1.807, 2.05) is 24.8 Å². The van der Waals surface area contributed by atoms with Crippen LogP contribution in [0.4, 0.5) is 0 Å². The summed E-state index contributed by atoms with van der Waals surface area (Å²) in [6, 6.07) is 1.90. The lowest BCUT2D eigenvalue weighted by Crippen LogP contribution is -2.29. The van der Waals surface area contributed by atoms with Crippen molar-refractivity contribution in [2.75, 3.05) is 19.8 Å². The molecule has 0 aliphatic carbocycles. The summed E-state index contributed by atoms with van der Waals surface area (Å²) in [6.45, 7) is 6.40. The highest BCUT2D eigenvalue weighted by Gasteiger charge is 2.27. The minimum Gasteiger partial charge on any atom is -0.353 e. The molecule has 0 atom stereocenters. The average molecular weight is 264 g/mol. The summed E-state index contributed by atoms with van der Waals surface area (Å²) < 4.78 is 11.0. The van der Waals surface area contributed by atoms with E-state index in [9.17, 15) is 4.79 Å². The molecule has 0 spiro atoms. The van der Waals surface area contributed by atoms with Crippen molar-refractivity contribution in [1.82, 2.24) is 9.88 Å². The summed E-state index contributed by atoms with van der Waals surface area (Å²) in [5, 5.41) is 0. The molecule has 0 fully saturated rings. The topological polar surface area (TPSA) is 51.7 Å². The van der Waals surface area contributed by atoms with E-state index in [0.29, 0.717) is 38.3 Å². The highest BCUT2D eigenvalue weighted by atomic mass is 16.7. The van der Waals surface area contributed by atoms with Crippen LogP contribution in [0.25, 0.3) is 0 Å². The van der Waals surface area contributed by atoms with Gasteiger partial charge in [0, 0.05) is 45.1 Å². The first-order valence-corrected chi connectivity index (χ1v) is 6.71. The number of fused-ring (bicyclic) bond motifs is 1. The van der Waals surface area contributed by atoms with Crippen molar-refractivity contribution in [3.05, 3.63) is 29.6 Å². The zero-order valence-electron chi connectivity index (χ0n) is 11.5. The smallest absolute Gasteiger partial charge is 0.256 e. The average Bonchev–Trinajstić information content (AvgIpc) is 2.74. The van der Waals surface area contributed by atoms with Crippen molar-refractivity contribution in [3.8, 4) is 0 Å². The van der Waals surface area contributed by atoms with Gasteiger partial charge >= 0.3 is 0 Å². The Hall–Kier alpha value is -1.46. The lowest BCUT2D eigenvalue weighted by Gasteiger charge is -2.21. The summed E-state index contributed by atoms with van der Waals surface area (Å²) in [5.74, 6) is 0.0508. The van der Waals surface area contributed by atoms with E-state index in [-0.39, 0.29) is 12.2 Å². The normalized spacial score (nSPS) is 14.3. The maximum absolute atomic E-state index is 12.1. The van der Waals surface area contributed by atoms with E-state index in [1.165, 1.54) is 0 Å². The second-order valence-electron chi connectivity index (χ2n) is 4.39. The van der Waals surface area contributed by atoms with Crippen LogP contribution in [0.15, 0.2) is 18.5 Å². The lowest BCUT2D eigenvalue weighted by atomic mass is 10.2. The SMILES string of the molecule is CCOC(CCN1Cc2ccncc2C1=O)OCC. The number of carbonyl (C=O) groups is 1. The number of nitrogens with zero attached hydrogens (tertiary/aromatic N) is 2. The Bertz CT molecular complexity index is 430. The molecule has 0 radical (unpaired) electrons. The molecule has 0 aromatic carbocycles. The van der Waals surface area contributed by atoms with Gasteiger partial charge < -0.3 is 14.4 Å².